The van der Waals surface area contributed by atoms with E-state index in [-0.39, 0.29) is 5.41 Å². The third kappa shape index (κ3) is 2.98. The number of nitrogens with zero attached hydrogens (tertiary/aromatic N) is 2. The molecule has 0 saturated carbocycles. The molecule has 0 radical (unpaired) electrons. The van der Waals surface area contributed by atoms with Crippen LogP contribution in [0.3, 0.4) is 0 Å². The van der Waals surface area contributed by atoms with Crippen LogP contribution in [0.2, 0.25) is 0 Å². The van der Waals surface area contributed by atoms with Gasteiger partial charge in [0.05, 0.1) is 12.1 Å². The Morgan fingerprint density at radius 3 is 2.39 bits per heavy atom. The van der Waals surface area contributed by atoms with Crippen molar-refractivity contribution in [3.05, 3.63) is 119 Å². The third-order valence-corrected chi connectivity index (χ3v) is 8.30. The van der Waals surface area contributed by atoms with Crippen LogP contribution in [0.5, 0.6) is 0 Å². The summed E-state index contributed by atoms with van der Waals surface area (Å²) in [5.74, 6) is 0. The lowest BCUT2D eigenvalue weighted by molar-refractivity contribution is -0.660. The van der Waals surface area contributed by atoms with Crippen LogP contribution in [-0.4, -0.2) is 0 Å². The molecule has 1 aliphatic carbocycles. The maximum atomic E-state index is 7.72. The Kier molecular flexibility index (Phi) is 4.68. The Hall–Kier alpha value is -4.68. The number of hydrogen-bond donors (Lipinski definition) is 0. The van der Waals surface area contributed by atoms with Crippen molar-refractivity contribution in [2.45, 2.75) is 26.2 Å². The molecule has 4 aromatic carbocycles. The SMILES string of the molecule is [C-]#[N+]c1cccc2c1-c1ccc(-c3cccc4c3oc3c(-c5cccc[n+]5C)c(C)ccc34)cc1C2(C)C. The third-order valence-electron chi connectivity index (χ3n) is 8.30. The first-order valence-corrected chi connectivity index (χ1v) is 13.0. The lowest BCUT2D eigenvalue weighted by atomic mass is 9.81. The Labute approximate surface area is 222 Å². The molecule has 1 aliphatic rings. The van der Waals surface area contributed by atoms with Gasteiger partial charge in [0, 0.05) is 33.9 Å². The van der Waals surface area contributed by atoms with Crippen molar-refractivity contribution >= 4 is 27.6 Å². The highest BCUT2D eigenvalue weighted by molar-refractivity contribution is 6.13. The molecule has 0 saturated heterocycles. The Morgan fingerprint density at radius 1 is 0.763 bits per heavy atom. The fourth-order valence-electron chi connectivity index (χ4n) is 6.32. The second-order valence-electron chi connectivity index (χ2n) is 10.8. The maximum Gasteiger partial charge on any atom is 0.216 e. The fraction of sp³-hybridized carbons (Fsp3) is 0.143. The number of hydrogen-bond acceptors (Lipinski definition) is 1. The van der Waals surface area contributed by atoms with Crippen molar-refractivity contribution in [2.75, 3.05) is 0 Å². The van der Waals surface area contributed by atoms with Crippen molar-refractivity contribution in [3.8, 4) is 33.5 Å². The van der Waals surface area contributed by atoms with Gasteiger partial charge in [-0.2, -0.15) is 0 Å². The van der Waals surface area contributed by atoms with Crippen molar-refractivity contribution in [3.63, 3.8) is 0 Å². The van der Waals surface area contributed by atoms with Crippen LogP contribution in [0.4, 0.5) is 5.69 Å². The van der Waals surface area contributed by atoms with E-state index < -0.39 is 0 Å². The minimum absolute atomic E-state index is 0.185. The van der Waals surface area contributed by atoms with Gasteiger partial charge in [0.15, 0.2) is 11.9 Å². The topological polar surface area (TPSA) is 21.4 Å². The van der Waals surface area contributed by atoms with Crippen LogP contribution in [-0.2, 0) is 12.5 Å². The Morgan fingerprint density at radius 2 is 1.58 bits per heavy atom. The van der Waals surface area contributed by atoms with Gasteiger partial charge in [-0.05, 0) is 52.4 Å². The zero-order valence-electron chi connectivity index (χ0n) is 22.0. The first kappa shape index (κ1) is 22.5. The van der Waals surface area contributed by atoms with Gasteiger partial charge in [0.1, 0.15) is 18.2 Å². The summed E-state index contributed by atoms with van der Waals surface area (Å²) in [5.41, 5.74) is 12.7. The summed E-state index contributed by atoms with van der Waals surface area (Å²) in [6, 6.07) is 29.8. The molecule has 3 heteroatoms. The highest BCUT2D eigenvalue weighted by Crippen LogP contribution is 2.53. The van der Waals surface area contributed by atoms with E-state index in [0.29, 0.717) is 0 Å². The number of fused-ring (bicyclic) bond motifs is 6. The summed E-state index contributed by atoms with van der Waals surface area (Å²) in [6.45, 7) is 14.4. The second kappa shape index (κ2) is 7.91. The summed E-state index contributed by atoms with van der Waals surface area (Å²) in [6.07, 6.45) is 2.07. The standard InChI is InChI=1S/C35H27N2O/c1-21-15-17-25-24-11-8-10-23(33(24)38-34(25)31(21)30-14-6-7-19-37(30)5)22-16-18-26-28(20-22)35(2,3)27-12-9-13-29(36-4)32(26)27/h6-20H,1-3,5H3/q+1. The molecule has 6 aromatic rings. The van der Waals surface area contributed by atoms with E-state index in [1.54, 1.807) is 0 Å². The molecule has 0 bridgehead atoms. The van der Waals surface area contributed by atoms with Crippen LogP contribution in [0.15, 0.2) is 95.5 Å². The van der Waals surface area contributed by atoms with E-state index in [9.17, 15) is 0 Å². The lowest BCUT2D eigenvalue weighted by Gasteiger charge is -2.22. The molecule has 7 rings (SSSR count). The summed E-state index contributed by atoms with van der Waals surface area (Å²) in [7, 11) is 2.07. The van der Waals surface area contributed by atoms with E-state index >= 15 is 0 Å². The summed E-state index contributed by atoms with van der Waals surface area (Å²) >= 11 is 0. The Bertz CT molecular complexity index is 1980. The van der Waals surface area contributed by atoms with Gasteiger partial charge >= 0.3 is 0 Å². The van der Waals surface area contributed by atoms with Gasteiger partial charge in [-0.3, -0.25) is 0 Å². The first-order valence-electron chi connectivity index (χ1n) is 13.0. The normalized spacial score (nSPS) is 13.4. The van der Waals surface area contributed by atoms with Crippen LogP contribution in [0.1, 0.15) is 30.5 Å². The quantitative estimate of drug-likeness (QED) is 0.175. The molecule has 2 heterocycles. The second-order valence-corrected chi connectivity index (χ2v) is 10.8. The number of para-hydroxylation sites is 1. The summed E-state index contributed by atoms with van der Waals surface area (Å²) in [5, 5.41) is 2.25. The summed E-state index contributed by atoms with van der Waals surface area (Å²) in [4.78, 5) is 3.83. The number of rotatable bonds is 2. The molecular formula is C35H27N2O+. The fourth-order valence-corrected chi connectivity index (χ4v) is 6.32. The molecule has 0 N–H and O–H groups in total. The van der Waals surface area contributed by atoms with Crippen molar-refractivity contribution in [2.24, 2.45) is 7.05 Å². The molecule has 0 aliphatic heterocycles. The van der Waals surface area contributed by atoms with Gasteiger partial charge in [-0.15, -0.1) is 0 Å². The molecule has 3 nitrogen and oxygen atoms in total. The lowest BCUT2D eigenvalue weighted by Crippen LogP contribution is -2.30. The Balaban J connectivity index is 1.48. The first-order chi connectivity index (χ1) is 18.4. The average Bonchev–Trinajstić information content (AvgIpc) is 3.41. The van der Waals surface area contributed by atoms with Crippen molar-refractivity contribution < 1.29 is 8.98 Å². The van der Waals surface area contributed by atoms with E-state index in [4.69, 9.17) is 11.0 Å². The van der Waals surface area contributed by atoms with Crippen molar-refractivity contribution in [1.29, 1.82) is 0 Å². The molecule has 0 amide bonds. The highest BCUT2D eigenvalue weighted by Gasteiger charge is 2.37. The monoisotopic (exact) mass is 491 g/mol. The molecule has 0 spiro atoms. The number of aromatic nitrogens is 1. The van der Waals surface area contributed by atoms with E-state index in [0.717, 1.165) is 61.1 Å². The smallest absolute Gasteiger partial charge is 0.216 e. The number of benzene rings is 4. The molecular weight excluding hydrogens is 464 g/mol. The van der Waals surface area contributed by atoms with Crippen LogP contribution in [0, 0.1) is 13.5 Å². The zero-order valence-corrected chi connectivity index (χ0v) is 22.0. The highest BCUT2D eigenvalue weighted by atomic mass is 16.3. The minimum Gasteiger partial charge on any atom is -0.454 e. The molecule has 38 heavy (non-hydrogen) atoms. The molecule has 2 aromatic heterocycles. The number of aryl methyl sites for hydroxylation is 2. The number of pyridine rings is 1. The predicted molar refractivity (Wildman–Crippen MR) is 154 cm³/mol. The van der Waals surface area contributed by atoms with Gasteiger partial charge in [-0.25, -0.2) is 9.41 Å². The van der Waals surface area contributed by atoms with Crippen LogP contribution in [0.25, 0.3) is 60.3 Å². The molecule has 0 unspecified atom stereocenters. The van der Waals surface area contributed by atoms with Crippen LogP contribution >= 0.6 is 0 Å². The maximum absolute atomic E-state index is 7.72. The van der Waals surface area contributed by atoms with E-state index in [1.165, 1.54) is 16.7 Å². The minimum atomic E-state index is -0.185. The van der Waals surface area contributed by atoms with Gasteiger partial charge in [-0.1, -0.05) is 74.5 Å². The number of furan rings is 1. The molecule has 0 atom stereocenters. The molecule has 182 valence electrons. The van der Waals surface area contributed by atoms with Gasteiger partial charge in [0.25, 0.3) is 0 Å². The van der Waals surface area contributed by atoms with Gasteiger partial charge < -0.3 is 4.42 Å². The van der Waals surface area contributed by atoms with Crippen molar-refractivity contribution in [1.82, 2.24) is 0 Å². The summed E-state index contributed by atoms with van der Waals surface area (Å²) < 4.78 is 8.92. The average molecular weight is 492 g/mol. The van der Waals surface area contributed by atoms with Gasteiger partial charge in [0.2, 0.25) is 5.69 Å². The predicted octanol–water partition coefficient (Wildman–Crippen LogP) is 8.91. The zero-order chi connectivity index (χ0) is 26.2. The van der Waals surface area contributed by atoms with Crippen LogP contribution < -0.4 is 4.57 Å². The van der Waals surface area contributed by atoms with E-state index in [2.05, 4.69) is 110 Å². The van der Waals surface area contributed by atoms with E-state index in [1.807, 2.05) is 18.2 Å². The largest absolute Gasteiger partial charge is 0.454 e. The molecule has 0 fully saturated rings.